The number of esters is 1. The molecule has 0 fully saturated rings. The van der Waals surface area contributed by atoms with E-state index in [-0.39, 0.29) is 17.1 Å². The average Bonchev–Trinajstić information content (AvgIpc) is 3.14. The van der Waals surface area contributed by atoms with Crippen LogP contribution in [0.2, 0.25) is 0 Å². The lowest BCUT2D eigenvalue weighted by atomic mass is 10.1. The van der Waals surface area contributed by atoms with Crippen LogP contribution in [0.1, 0.15) is 35.1 Å². The summed E-state index contributed by atoms with van der Waals surface area (Å²) in [6.07, 6.45) is 1.12. The van der Waals surface area contributed by atoms with Gasteiger partial charge in [0, 0.05) is 18.5 Å². The van der Waals surface area contributed by atoms with Crippen molar-refractivity contribution in [1.82, 2.24) is 25.1 Å². The average molecular weight is 414 g/mol. The third-order valence-electron chi connectivity index (χ3n) is 4.35. The zero-order valence-electron chi connectivity index (χ0n) is 16.6. The Morgan fingerprint density at radius 1 is 1.17 bits per heavy atom. The molecule has 1 atom stereocenters. The van der Waals surface area contributed by atoms with E-state index in [2.05, 4.69) is 20.6 Å². The van der Waals surface area contributed by atoms with Gasteiger partial charge < -0.3 is 10.1 Å². The number of hydrogen-bond donors (Lipinski definition) is 1. The molecule has 9 heteroatoms. The first kappa shape index (κ1) is 20.8. The number of aryl methyl sites for hydroxylation is 1. The Morgan fingerprint density at radius 2 is 1.93 bits per heavy atom. The SMILES string of the molecule is CC[C@H](Sc1ccc2nnc(CCNC(=O)c3ccc(C)cc3)n2n1)C(=O)OC. The van der Waals surface area contributed by atoms with Crippen molar-refractivity contribution in [3.63, 3.8) is 0 Å². The number of hydrogen-bond acceptors (Lipinski definition) is 7. The Balaban J connectivity index is 1.66. The minimum Gasteiger partial charge on any atom is -0.468 e. The predicted octanol–water partition coefficient (Wildman–Crippen LogP) is 2.45. The van der Waals surface area contributed by atoms with Crippen LogP contribution in [-0.2, 0) is 16.0 Å². The molecule has 1 amide bonds. The Labute approximate surface area is 173 Å². The Kier molecular flexibility index (Phi) is 6.82. The van der Waals surface area contributed by atoms with Gasteiger partial charge in [-0.2, -0.15) is 9.61 Å². The van der Waals surface area contributed by atoms with Crippen LogP contribution in [0.3, 0.4) is 0 Å². The summed E-state index contributed by atoms with van der Waals surface area (Å²) in [7, 11) is 1.38. The van der Waals surface area contributed by atoms with Gasteiger partial charge in [-0.15, -0.1) is 10.2 Å². The monoisotopic (exact) mass is 413 g/mol. The van der Waals surface area contributed by atoms with E-state index in [1.807, 2.05) is 32.0 Å². The zero-order valence-corrected chi connectivity index (χ0v) is 17.4. The van der Waals surface area contributed by atoms with E-state index < -0.39 is 0 Å². The highest BCUT2D eigenvalue weighted by Crippen LogP contribution is 2.24. The van der Waals surface area contributed by atoms with Crippen molar-refractivity contribution in [1.29, 1.82) is 0 Å². The highest BCUT2D eigenvalue weighted by Gasteiger charge is 2.20. The van der Waals surface area contributed by atoms with E-state index >= 15 is 0 Å². The lowest BCUT2D eigenvalue weighted by molar-refractivity contribution is -0.140. The van der Waals surface area contributed by atoms with Gasteiger partial charge in [-0.3, -0.25) is 9.59 Å². The fraction of sp³-hybridized carbons (Fsp3) is 0.350. The summed E-state index contributed by atoms with van der Waals surface area (Å²) in [5.41, 5.74) is 2.33. The fourth-order valence-electron chi connectivity index (χ4n) is 2.71. The maximum atomic E-state index is 12.2. The van der Waals surface area contributed by atoms with Crippen LogP contribution in [0.4, 0.5) is 0 Å². The number of benzene rings is 1. The molecule has 0 radical (unpaired) electrons. The first-order chi connectivity index (χ1) is 14.0. The number of nitrogens with zero attached hydrogens (tertiary/aromatic N) is 4. The molecular weight excluding hydrogens is 390 g/mol. The van der Waals surface area contributed by atoms with Crippen LogP contribution in [0.15, 0.2) is 41.4 Å². The highest BCUT2D eigenvalue weighted by molar-refractivity contribution is 8.00. The number of methoxy groups -OCH3 is 1. The number of amides is 1. The van der Waals surface area contributed by atoms with Crippen LogP contribution < -0.4 is 5.32 Å². The molecule has 0 aliphatic carbocycles. The van der Waals surface area contributed by atoms with Crippen molar-refractivity contribution in [2.24, 2.45) is 0 Å². The number of fused-ring (bicyclic) bond motifs is 1. The van der Waals surface area contributed by atoms with Crippen LogP contribution in [-0.4, -0.2) is 50.6 Å². The number of aromatic nitrogens is 4. The molecule has 29 heavy (non-hydrogen) atoms. The molecule has 3 aromatic rings. The van der Waals surface area contributed by atoms with Gasteiger partial charge >= 0.3 is 5.97 Å². The molecule has 152 valence electrons. The van der Waals surface area contributed by atoms with Crippen molar-refractivity contribution in [2.45, 2.75) is 37.0 Å². The maximum Gasteiger partial charge on any atom is 0.319 e. The Bertz CT molecular complexity index is 1000. The molecule has 0 saturated carbocycles. The van der Waals surface area contributed by atoms with Crippen molar-refractivity contribution in [3.05, 3.63) is 53.3 Å². The van der Waals surface area contributed by atoms with Gasteiger partial charge in [0.25, 0.3) is 5.91 Å². The van der Waals surface area contributed by atoms with Crippen LogP contribution in [0, 0.1) is 6.92 Å². The zero-order chi connectivity index (χ0) is 20.8. The van der Waals surface area contributed by atoms with Crippen LogP contribution in [0.5, 0.6) is 0 Å². The largest absolute Gasteiger partial charge is 0.468 e. The van der Waals surface area contributed by atoms with Gasteiger partial charge in [-0.1, -0.05) is 36.4 Å². The molecule has 0 unspecified atom stereocenters. The second-order valence-electron chi connectivity index (χ2n) is 6.47. The smallest absolute Gasteiger partial charge is 0.319 e. The summed E-state index contributed by atoms with van der Waals surface area (Å²) in [4.78, 5) is 24.1. The maximum absolute atomic E-state index is 12.2. The Hall–Kier alpha value is -2.94. The van der Waals surface area contributed by atoms with E-state index in [1.54, 1.807) is 22.7 Å². The lowest BCUT2D eigenvalue weighted by Crippen LogP contribution is -2.26. The normalized spacial score (nSPS) is 12.0. The summed E-state index contributed by atoms with van der Waals surface area (Å²) >= 11 is 1.34. The second kappa shape index (κ2) is 9.51. The van der Waals surface area contributed by atoms with Crippen molar-refractivity contribution < 1.29 is 14.3 Å². The number of rotatable bonds is 8. The molecule has 0 aliphatic heterocycles. The van der Waals surface area contributed by atoms with E-state index in [0.29, 0.717) is 41.4 Å². The van der Waals surface area contributed by atoms with Gasteiger partial charge in [-0.05, 0) is 37.6 Å². The quantitative estimate of drug-likeness (QED) is 0.447. The third kappa shape index (κ3) is 5.11. The number of carbonyl (C=O) groups excluding carboxylic acids is 2. The third-order valence-corrected chi connectivity index (χ3v) is 5.62. The topological polar surface area (TPSA) is 98.5 Å². The summed E-state index contributed by atoms with van der Waals surface area (Å²) in [5, 5.41) is 16.1. The summed E-state index contributed by atoms with van der Waals surface area (Å²) in [5.74, 6) is 0.229. The molecule has 0 spiro atoms. The van der Waals surface area contributed by atoms with Crippen molar-refractivity contribution in [2.75, 3.05) is 13.7 Å². The molecule has 0 bridgehead atoms. The van der Waals surface area contributed by atoms with Gasteiger partial charge in [0.1, 0.15) is 10.3 Å². The molecule has 3 rings (SSSR count). The van der Waals surface area contributed by atoms with E-state index in [9.17, 15) is 9.59 Å². The van der Waals surface area contributed by atoms with Gasteiger partial charge in [0.15, 0.2) is 11.5 Å². The lowest BCUT2D eigenvalue weighted by Gasteiger charge is -2.11. The molecular formula is C20H23N5O3S. The van der Waals surface area contributed by atoms with Gasteiger partial charge in [0.2, 0.25) is 0 Å². The molecule has 0 saturated heterocycles. The molecule has 2 heterocycles. The first-order valence-electron chi connectivity index (χ1n) is 9.32. The Morgan fingerprint density at radius 3 is 2.62 bits per heavy atom. The second-order valence-corrected chi connectivity index (χ2v) is 7.69. The number of ether oxygens (including phenoxy) is 1. The van der Waals surface area contributed by atoms with E-state index in [4.69, 9.17) is 4.74 Å². The van der Waals surface area contributed by atoms with Gasteiger partial charge in [-0.25, -0.2) is 0 Å². The predicted molar refractivity (Wildman–Crippen MR) is 110 cm³/mol. The number of carbonyl (C=O) groups is 2. The summed E-state index contributed by atoms with van der Waals surface area (Å²) in [6.45, 7) is 4.31. The van der Waals surface area contributed by atoms with Gasteiger partial charge in [0.05, 0.1) is 7.11 Å². The molecule has 1 N–H and O–H groups in total. The van der Waals surface area contributed by atoms with Crippen molar-refractivity contribution in [3.8, 4) is 0 Å². The molecule has 1 aromatic carbocycles. The number of thioether (sulfide) groups is 1. The van der Waals surface area contributed by atoms with E-state index in [1.165, 1.54) is 18.9 Å². The molecule has 2 aromatic heterocycles. The van der Waals surface area contributed by atoms with E-state index in [0.717, 1.165) is 5.56 Å². The first-order valence-corrected chi connectivity index (χ1v) is 10.2. The number of nitrogens with one attached hydrogen (secondary N) is 1. The van der Waals surface area contributed by atoms with Crippen molar-refractivity contribution >= 4 is 29.3 Å². The molecule has 0 aliphatic rings. The summed E-state index contributed by atoms with van der Waals surface area (Å²) in [6, 6.07) is 11.0. The standard InChI is InChI=1S/C20H23N5O3S/c1-4-15(20(27)28-3)29-18-10-9-16-22-23-17(25(16)24-18)11-12-21-19(26)14-7-5-13(2)6-8-14/h5-10,15H,4,11-12H2,1-3H3,(H,21,26)/t15-/m0/s1. The van der Waals surface area contributed by atoms with Crippen LogP contribution in [0.25, 0.3) is 5.65 Å². The summed E-state index contributed by atoms with van der Waals surface area (Å²) < 4.78 is 6.47. The minimum atomic E-state index is -0.321. The van der Waals surface area contributed by atoms with Crippen LogP contribution >= 0.6 is 11.8 Å². The fourth-order valence-corrected chi connectivity index (χ4v) is 3.63. The molecule has 8 nitrogen and oxygen atoms in total. The minimum absolute atomic E-state index is 0.133. The highest BCUT2D eigenvalue weighted by atomic mass is 32.2.